The highest BCUT2D eigenvalue weighted by molar-refractivity contribution is 9.10. The maximum Gasteiger partial charge on any atom is 0.120 e. The molecule has 2 rings (SSSR count). The van der Waals surface area contributed by atoms with Crippen LogP contribution in [-0.4, -0.2) is 10.1 Å². The number of hydrogen-bond donors (Lipinski definition) is 2. The van der Waals surface area contributed by atoms with Crippen LogP contribution in [0.3, 0.4) is 0 Å². The van der Waals surface area contributed by atoms with Crippen LogP contribution in [0.25, 0.3) is 0 Å². The van der Waals surface area contributed by atoms with Gasteiger partial charge in [-0.05, 0) is 46.3 Å². The maximum atomic E-state index is 9.08. The summed E-state index contributed by atoms with van der Waals surface area (Å²) in [6.45, 7) is 0.507. The molecule has 0 amide bonds. The van der Waals surface area contributed by atoms with E-state index in [0.717, 1.165) is 15.9 Å². The molecule has 0 aliphatic heterocycles. The topological polar surface area (TPSA) is 45.2 Å². The third-order valence-electron chi connectivity index (χ3n) is 1.95. The zero-order chi connectivity index (χ0) is 10.7. The van der Waals surface area contributed by atoms with Crippen LogP contribution in [0.4, 0.5) is 0 Å². The van der Waals surface area contributed by atoms with Gasteiger partial charge in [-0.1, -0.05) is 0 Å². The SMILES string of the molecule is Oc1ccc(OCc2c[nH]c(Br)c2)cc1. The van der Waals surface area contributed by atoms with Gasteiger partial charge in [0.25, 0.3) is 0 Å². The third-order valence-corrected chi connectivity index (χ3v) is 2.41. The Labute approximate surface area is 95.8 Å². The molecule has 0 atom stereocenters. The Balaban J connectivity index is 1.96. The van der Waals surface area contributed by atoms with E-state index >= 15 is 0 Å². The zero-order valence-corrected chi connectivity index (χ0v) is 9.49. The number of aromatic amines is 1. The molecule has 0 radical (unpaired) electrons. The van der Waals surface area contributed by atoms with Gasteiger partial charge in [0.05, 0.1) is 4.60 Å². The lowest BCUT2D eigenvalue weighted by molar-refractivity contribution is 0.306. The molecule has 0 fully saturated rings. The molecule has 1 aromatic carbocycles. The van der Waals surface area contributed by atoms with E-state index in [9.17, 15) is 0 Å². The molecule has 1 heterocycles. The van der Waals surface area contributed by atoms with Gasteiger partial charge >= 0.3 is 0 Å². The van der Waals surface area contributed by atoms with Gasteiger partial charge in [-0.3, -0.25) is 0 Å². The summed E-state index contributed by atoms with van der Waals surface area (Å²) in [7, 11) is 0. The van der Waals surface area contributed by atoms with Crippen LogP contribution in [0.15, 0.2) is 41.1 Å². The Hall–Kier alpha value is -1.42. The molecule has 3 nitrogen and oxygen atoms in total. The van der Waals surface area contributed by atoms with Crippen LogP contribution in [0, 0.1) is 0 Å². The summed E-state index contributed by atoms with van der Waals surface area (Å²) >= 11 is 3.32. The second kappa shape index (κ2) is 4.40. The average Bonchev–Trinajstić information content (AvgIpc) is 2.64. The molecule has 0 saturated heterocycles. The summed E-state index contributed by atoms with van der Waals surface area (Å²) < 4.78 is 6.45. The molecule has 0 spiro atoms. The first-order chi connectivity index (χ1) is 7.24. The van der Waals surface area contributed by atoms with Crippen molar-refractivity contribution in [1.29, 1.82) is 0 Å². The van der Waals surface area contributed by atoms with Crippen molar-refractivity contribution in [3.8, 4) is 11.5 Å². The van der Waals surface area contributed by atoms with Crippen LogP contribution in [0.2, 0.25) is 0 Å². The average molecular weight is 268 g/mol. The number of phenols is 1. The Morgan fingerprint density at radius 1 is 1.27 bits per heavy atom. The van der Waals surface area contributed by atoms with Crippen LogP contribution >= 0.6 is 15.9 Å². The number of aromatic hydroxyl groups is 1. The van der Waals surface area contributed by atoms with Crippen molar-refractivity contribution >= 4 is 15.9 Å². The molecule has 2 N–H and O–H groups in total. The third kappa shape index (κ3) is 2.76. The molecular weight excluding hydrogens is 258 g/mol. The molecule has 78 valence electrons. The summed E-state index contributed by atoms with van der Waals surface area (Å²) in [5, 5.41) is 9.08. The van der Waals surface area contributed by atoms with E-state index in [1.54, 1.807) is 24.3 Å². The number of phenolic OH excluding ortho intramolecular Hbond substituents is 1. The molecule has 0 saturated carbocycles. The number of halogens is 1. The lowest BCUT2D eigenvalue weighted by Crippen LogP contribution is -1.92. The fourth-order valence-electron chi connectivity index (χ4n) is 1.20. The second-order valence-electron chi connectivity index (χ2n) is 3.14. The summed E-state index contributed by atoms with van der Waals surface area (Å²) in [4.78, 5) is 3.01. The monoisotopic (exact) mass is 267 g/mol. The molecule has 4 heteroatoms. The molecule has 2 aromatic rings. The summed E-state index contributed by atoms with van der Waals surface area (Å²) in [5.74, 6) is 0.983. The smallest absolute Gasteiger partial charge is 0.120 e. The molecule has 0 aliphatic carbocycles. The molecule has 0 bridgehead atoms. The number of nitrogens with one attached hydrogen (secondary N) is 1. The van der Waals surface area contributed by atoms with Gasteiger partial charge in [0.15, 0.2) is 0 Å². The Morgan fingerprint density at radius 2 is 2.00 bits per heavy atom. The highest BCUT2D eigenvalue weighted by Crippen LogP contribution is 2.18. The minimum Gasteiger partial charge on any atom is -0.508 e. The van der Waals surface area contributed by atoms with E-state index in [1.165, 1.54) is 0 Å². The van der Waals surface area contributed by atoms with Gasteiger partial charge in [-0.2, -0.15) is 0 Å². The van der Waals surface area contributed by atoms with Crippen molar-refractivity contribution in [1.82, 2.24) is 4.98 Å². The minimum atomic E-state index is 0.242. The van der Waals surface area contributed by atoms with E-state index < -0.39 is 0 Å². The number of aromatic nitrogens is 1. The molecule has 1 aromatic heterocycles. The van der Waals surface area contributed by atoms with Crippen molar-refractivity contribution < 1.29 is 9.84 Å². The lowest BCUT2D eigenvalue weighted by atomic mass is 10.3. The van der Waals surface area contributed by atoms with Crippen molar-refractivity contribution in [3.05, 3.63) is 46.7 Å². The Bertz CT molecular complexity index is 436. The van der Waals surface area contributed by atoms with E-state index in [4.69, 9.17) is 9.84 Å². The number of hydrogen-bond acceptors (Lipinski definition) is 2. The predicted molar refractivity (Wildman–Crippen MR) is 60.9 cm³/mol. The summed E-state index contributed by atoms with van der Waals surface area (Å²) in [6, 6.07) is 8.62. The first-order valence-corrected chi connectivity index (χ1v) is 5.28. The van der Waals surface area contributed by atoms with Gasteiger partial charge < -0.3 is 14.8 Å². The number of rotatable bonds is 3. The standard InChI is InChI=1S/C11H10BrNO2/c12-11-5-8(6-13-11)7-15-10-3-1-9(14)2-4-10/h1-6,13-14H,7H2. The van der Waals surface area contributed by atoms with Crippen molar-refractivity contribution in [2.45, 2.75) is 6.61 Å². The largest absolute Gasteiger partial charge is 0.508 e. The molecular formula is C11H10BrNO2. The number of ether oxygens (including phenoxy) is 1. The fraction of sp³-hybridized carbons (Fsp3) is 0.0909. The molecule has 15 heavy (non-hydrogen) atoms. The Kier molecular flexibility index (Phi) is 2.97. The maximum absolute atomic E-state index is 9.08. The molecule has 0 aliphatic rings. The van der Waals surface area contributed by atoms with Crippen LogP contribution in [0.1, 0.15) is 5.56 Å². The van der Waals surface area contributed by atoms with Crippen molar-refractivity contribution in [2.24, 2.45) is 0 Å². The number of H-pyrrole nitrogens is 1. The predicted octanol–water partition coefficient (Wildman–Crippen LogP) is 3.06. The summed E-state index contributed by atoms with van der Waals surface area (Å²) in [6.07, 6.45) is 1.88. The van der Waals surface area contributed by atoms with Gasteiger partial charge in [-0.25, -0.2) is 0 Å². The summed E-state index contributed by atoms with van der Waals surface area (Å²) in [5.41, 5.74) is 1.06. The van der Waals surface area contributed by atoms with Crippen molar-refractivity contribution in [2.75, 3.05) is 0 Å². The molecule has 0 unspecified atom stereocenters. The zero-order valence-electron chi connectivity index (χ0n) is 7.90. The van der Waals surface area contributed by atoms with Gasteiger partial charge in [0.2, 0.25) is 0 Å². The normalized spacial score (nSPS) is 10.2. The van der Waals surface area contributed by atoms with Gasteiger partial charge in [0, 0.05) is 11.8 Å². The van der Waals surface area contributed by atoms with E-state index in [2.05, 4.69) is 20.9 Å². The van der Waals surface area contributed by atoms with Gasteiger partial charge in [-0.15, -0.1) is 0 Å². The highest BCUT2D eigenvalue weighted by atomic mass is 79.9. The van der Waals surface area contributed by atoms with E-state index in [1.807, 2.05) is 12.3 Å². The number of benzene rings is 1. The van der Waals surface area contributed by atoms with Crippen LogP contribution in [-0.2, 0) is 6.61 Å². The van der Waals surface area contributed by atoms with E-state index in [-0.39, 0.29) is 5.75 Å². The lowest BCUT2D eigenvalue weighted by Gasteiger charge is -2.03. The fourth-order valence-corrected chi connectivity index (χ4v) is 1.61. The Morgan fingerprint density at radius 3 is 2.60 bits per heavy atom. The van der Waals surface area contributed by atoms with Crippen LogP contribution < -0.4 is 4.74 Å². The first kappa shape index (κ1) is 10.1. The second-order valence-corrected chi connectivity index (χ2v) is 3.99. The quantitative estimate of drug-likeness (QED) is 0.898. The van der Waals surface area contributed by atoms with Crippen molar-refractivity contribution in [3.63, 3.8) is 0 Å². The minimum absolute atomic E-state index is 0.242. The highest BCUT2D eigenvalue weighted by Gasteiger charge is 1.98. The van der Waals surface area contributed by atoms with E-state index in [0.29, 0.717) is 6.61 Å². The van der Waals surface area contributed by atoms with Crippen LogP contribution in [0.5, 0.6) is 11.5 Å². The van der Waals surface area contributed by atoms with Gasteiger partial charge in [0.1, 0.15) is 18.1 Å². The first-order valence-electron chi connectivity index (χ1n) is 4.49.